The van der Waals surface area contributed by atoms with Gasteiger partial charge in [0.05, 0.1) is 6.61 Å². The minimum absolute atomic E-state index is 0.0378. The van der Waals surface area contributed by atoms with Crippen molar-refractivity contribution >= 4 is 27.5 Å². The lowest BCUT2D eigenvalue weighted by molar-refractivity contribution is 0.284. The molecule has 0 bridgehead atoms. The second-order valence-corrected chi connectivity index (χ2v) is 5.28. The zero-order chi connectivity index (χ0) is 14.5. The summed E-state index contributed by atoms with van der Waals surface area (Å²) in [4.78, 5) is 11.9. The number of benzene rings is 1. The van der Waals surface area contributed by atoms with E-state index < -0.39 is 0 Å². The van der Waals surface area contributed by atoms with Gasteiger partial charge in [-0.05, 0) is 48.7 Å². The normalized spacial score (nSPS) is 10.4. The van der Waals surface area contributed by atoms with Gasteiger partial charge in [-0.1, -0.05) is 22.9 Å². The molecule has 20 heavy (non-hydrogen) atoms. The molecule has 0 aliphatic heterocycles. The smallest absolute Gasteiger partial charge is 0.329 e. The van der Waals surface area contributed by atoms with Gasteiger partial charge in [-0.25, -0.2) is 0 Å². The van der Waals surface area contributed by atoms with E-state index in [1.807, 2.05) is 32.0 Å². The van der Waals surface area contributed by atoms with Gasteiger partial charge < -0.3 is 9.47 Å². The largest absolute Gasteiger partial charge is 0.463 e. The van der Waals surface area contributed by atoms with E-state index in [9.17, 15) is 0 Å². The molecule has 7 heteroatoms. The molecule has 1 heterocycles. The SMILES string of the molecule is CCCOc1nc(Cl)nc(Oc2ccc(Br)cc2C)n1. The van der Waals surface area contributed by atoms with Crippen molar-refractivity contribution in [2.24, 2.45) is 0 Å². The minimum atomic E-state index is 0.0378. The molecule has 0 aliphatic rings. The first-order valence-corrected chi connectivity index (χ1v) is 7.24. The molecule has 0 fully saturated rings. The van der Waals surface area contributed by atoms with Gasteiger partial charge >= 0.3 is 12.0 Å². The molecule has 1 aromatic heterocycles. The third kappa shape index (κ3) is 4.05. The van der Waals surface area contributed by atoms with Crippen LogP contribution < -0.4 is 9.47 Å². The van der Waals surface area contributed by atoms with E-state index in [1.165, 1.54) is 0 Å². The highest BCUT2D eigenvalue weighted by molar-refractivity contribution is 9.10. The number of rotatable bonds is 5. The first-order chi connectivity index (χ1) is 9.58. The summed E-state index contributed by atoms with van der Waals surface area (Å²) in [5.74, 6) is 0.650. The predicted molar refractivity (Wildman–Crippen MR) is 79.6 cm³/mol. The monoisotopic (exact) mass is 357 g/mol. The van der Waals surface area contributed by atoms with E-state index in [-0.39, 0.29) is 17.3 Å². The Bertz CT molecular complexity index is 610. The summed E-state index contributed by atoms with van der Waals surface area (Å²) in [6.45, 7) is 4.43. The topological polar surface area (TPSA) is 57.1 Å². The highest BCUT2D eigenvalue weighted by atomic mass is 79.9. The number of ether oxygens (including phenoxy) is 2. The van der Waals surface area contributed by atoms with Gasteiger partial charge in [0.2, 0.25) is 5.28 Å². The highest BCUT2D eigenvalue weighted by Gasteiger charge is 2.09. The molecule has 0 unspecified atom stereocenters. The maximum Gasteiger partial charge on any atom is 0.329 e. The van der Waals surface area contributed by atoms with Crippen molar-refractivity contribution in [3.8, 4) is 17.8 Å². The third-order valence-electron chi connectivity index (χ3n) is 2.34. The first kappa shape index (κ1) is 15.0. The number of halogens is 2. The van der Waals surface area contributed by atoms with E-state index in [4.69, 9.17) is 21.1 Å². The standard InChI is InChI=1S/C13H13BrClN3O2/c1-3-6-19-12-16-11(15)17-13(18-12)20-10-5-4-9(14)7-8(10)2/h4-5,7H,3,6H2,1-2H3. The van der Waals surface area contributed by atoms with Crippen LogP contribution >= 0.6 is 27.5 Å². The maximum atomic E-state index is 5.83. The molecule has 2 rings (SSSR count). The van der Waals surface area contributed by atoms with Gasteiger partial charge in [-0.15, -0.1) is 4.98 Å². The molecule has 0 aliphatic carbocycles. The number of aromatic nitrogens is 3. The van der Waals surface area contributed by atoms with Crippen molar-refractivity contribution < 1.29 is 9.47 Å². The van der Waals surface area contributed by atoms with Crippen LogP contribution in [0.1, 0.15) is 18.9 Å². The molecule has 0 spiro atoms. The molecule has 0 atom stereocenters. The van der Waals surface area contributed by atoms with Crippen molar-refractivity contribution in [3.63, 3.8) is 0 Å². The van der Waals surface area contributed by atoms with Crippen molar-refractivity contribution in [1.29, 1.82) is 0 Å². The van der Waals surface area contributed by atoms with E-state index in [2.05, 4.69) is 30.9 Å². The highest BCUT2D eigenvalue weighted by Crippen LogP contribution is 2.26. The molecule has 1 aromatic carbocycles. The fourth-order valence-electron chi connectivity index (χ4n) is 1.44. The van der Waals surface area contributed by atoms with Gasteiger partial charge in [0.15, 0.2) is 0 Å². The zero-order valence-electron chi connectivity index (χ0n) is 11.1. The minimum Gasteiger partial charge on any atom is -0.463 e. The van der Waals surface area contributed by atoms with E-state index in [0.717, 1.165) is 16.5 Å². The Morgan fingerprint density at radius 3 is 2.65 bits per heavy atom. The van der Waals surface area contributed by atoms with Crippen LogP contribution in [0.2, 0.25) is 5.28 Å². The van der Waals surface area contributed by atoms with Gasteiger partial charge in [-0.2, -0.15) is 9.97 Å². The lowest BCUT2D eigenvalue weighted by Gasteiger charge is -2.08. The molecule has 5 nitrogen and oxygen atoms in total. The van der Waals surface area contributed by atoms with E-state index in [1.54, 1.807) is 0 Å². The Morgan fingerprint density at radius 2 is 1.95 bits per heavy atom. The van der Waals surface area contributed by atoms with Crippen LogP contribution in [-0.4, -0.2) is 21.6 Å². The van der Waals surface area contributed by atoms with Crippen LogP contribution in [0.3, 0.4) is 0 Å². The summed E-state index contributed by atoms with van der Waals surface area (Å²) in [5, 5.41) is 0.0378. The van der Waals surface area contributed by atoms with Gasteiger partial charge in [0.25, 0.3) is 0 Å². The van der Waals surface area contributed by atoms with E-state index in [0.29, 0.717) is 12.4 Å². The molecule has 0 N–H and O–H groups in total. The summed E-state index contributed by atoms with van der Waals surface area (Å²) in [5.41, 5.74) is 0.951. The second-order valence-electron chi connectivity index (χ2n) is 4.03. The molecule has 0 radical (unpaired) electrons. The van der Waals surface area contributed by atoms with Crippen LogP contribution in [0.25, 0.3) is 0 Å². The number of hydrogen-bond acceptors (Lipinski definition) is 5. The summed E-state index contributed by atoms with van der Waals surface area (Å²) < 4.78 is 11.9. The van der Waals surface area contributed by atoms with Crippen molar-refractivity contribution in [2.75, 3.05) is 6.61 Å². The van der Waals surface area contributed by atoms with Crippen LogP contribution in [-0.2, 0) is 0 Å². The van der Waals surface area contributed by atoms with Crippen molar-refractivity contribution in [1.82, 2.24) is 15.0 Å². The molecule has 0 saturated heterocycles. The first-order valence-electron chi connectivity index (χ1n) is 6.07. The average molecular weight is 359 g/mol. The predicted octanol–water partition coefficient (Wildman–Crippen LogP) is 4.18. The molecular formula is C13H13BrClN3O2. The van der Waals surface area contributed by atoms with E-state index >= 15 is 0 Å². The number of aryl methyl sites for hydroxylation is 1. The van der Waals surface area contributed by atoms with Crippen LogP contribution in [0, 0.1) is 6.92 Å². The third-order valence-corrected chi connectivity index (χ3v) is 3.00. The zero-order valence-corrected chi connectivity index (χ0v) is 13.4. The summed E-state index contributed by atoms with van der Waals surface area (Å²) in [6.07, 6.45) is 0.852. The molecule has 0 amide bonds. The van der Waals surface area contributed by atoms with Gasteiger partial charge in [-0.3, -0.25) is 0 Å². The Hall–Kier alpha value is -1.40. The van der Waals surface area contributed by atoms with Crippen LogP contribution in [0.5, 0.6) is 17.8 Å². The second kappa shape index (κ2) is 6.85. The summed E-state index contributed by atoms with van der Waals surface area (Å²) >= 11 is 9.23. The average Bonchev–Trinajstić information content (AvgIpc) is 2.39. The molecule has 106 valence electrons. The Morgan fingerprint density at radius 1 is 1.20 bits per heavy atom. The van der Waals surface area contributed by atoms with Crippen molar-refractivity contribution in [2.45, 2.75) is 20.3 Å². The van der Waals surface area contributed by atoms with Crippen molar-refractivity contribution in [3.05, 3.63) is 33.5 Å². The Balaban J connectivity index is 2.21. The van der Waals surface area contributed by atoms with Gasteiger partial charge in [0, 0.05) is 4.47 Å². The molecular weight excluding hydrogens is 346 g/mol. The van der Waals surface area contributed by atoms with Crippen LogP contribution in [0.15, 0.2) is 22.7 Å². The lowest BCUT2D eigenvalue weighted by atomic mass is 10.2. The van der Waals surface area contributed by atoms with Crippen LogP contribution in [0.4, 0.5) is 0 Å². The number of hydrogen-bond donors (Lipinski definition) is 0. The quantitative estimate of drug-likeness (QED) is 0.802. The molecule has 2 aromatic rings. The van der Waals surface area contributed by atoms with Gasteiger partial charge in [0.1, 0.15) is 5.75 Å². The number of nitrogens with zero attached hydrogens (tertiary/aromatic N) is 3. The fourth-order valence-corrected chi connectivity index (χ4v) is 2.06. The molecule has 0 saturated carbocycles. The fraction of sp³-hybridized carbons (Fsp3) is 0.308. The summed E-state index contributed by atoms with van der Waals surface area (Å²) in [7, 11) is 0. The maximum absolute atomic E-state index is 5.83. The summed E-state index contributed by atoms with van der Waals surface area (Å²) in [6, 6.07) is 5.91. The lowest BCUT2D eigenvalue weighted by Crippen LogP contribution is -2.03. The Kier molecular flexibility index (Phi) is 5.14. The Labute approximate surface area is 130 Å².